The van der Waals surface area contributed by atoms with Crippen molar-refractivity contribution >= 4 is 23.1 Å². The van der Waals surface area contributed by atoms with Crippen LogP contribution < -0.4 is 19.5 Å². The molecule has 122 valence electrons. The van der Waals surface area contributed by atoms with Crippen LogP contribution in [0.5, 0.6) is 16.7 Å². The zero-order chi connectivity index (χ0) is 16.2. The lowest BCUT2D eigenvalue weighted by molar-refractivity contribution is 0.0491. The Morgan fingerprint density at radius 3 is 2.52 bits per heavy atom. The Balaban J connectivity index is 1.54. The molecule has 23 heavy (non-hydrogen) atoms. The Kier molecular flexibility index (Phi) is 4.52. The maximum absolute atomic E-state index is 12.2. The number of likely N-dealkylation sites (tertiary alicyclic amines) is 1. The molecular formula is C15H17N3O4S. The number of carbonyl (C=O) groups excluding carboxylic acids is 1. The molecule has 8 heteroatoms. The van der Waals surface area contributed by atoms with Gasteiger partial charge in [-0.2, -0.15) is 0 Å². The molecule has 0 unspecified atom stereocenters. The van der Waals surface area contributed by atoms with Crippen LogP contribution in [0.25, 0.3) is 0 Å². The van der Waals surface area contributed by atoms with Crippen molar-refractivity contribution in [1.82, 2.24) is 9.88 Å². The van der Waals surface area contributed by atoms with Gasteiger partial charge in [0, 0.05) is 35.5 Å². The molecule has 1 fully saturated rings. The second-order valence-corrected chi connectivity index (χ2v) is 5.83. The number of anilines is 1. The van der Waals surface area contributed by atoms with E-state index in [0.29, 0.717) is 35.5 Å². The summed E-state index contributed by atoms with van der Waals surface area (Å²) in [6.07, 6.45) is 1.69. The van der Waals surface area contributed by atoms with Gasteiger partial charge < -0.3 is 24.4 Å². The molecule has 0 bridgehead atoms. The molecule has 0 aliphatic carbocycles. The van der Waals surface area contributed by atoms with Crippen LogP contribution in [0.1, 0.15) is 0 Å². The van der Waals surface area contributed by atoms with E-state index >= 15 is 0 Å². The highest BCUT2D eigenvalue weighted by atomic mass is 32.1. The average Bonchev–Trinajstić information content (AvgIpc) is 3.02. The third-order valence-electron chi connectivity index (χ3n) is 3.42. The van der Waals surface area contributed by atoms with Gasteiger partial charge in [0.05, 0.1) is 27.3 Å². The third-order valence-corrected chi connectivity index (χ3v) is 4.08. The number of amides is 2. The number of nitrogens with one attached hydrogen (secondary N) is 1. The molecule has 1 aromatic heterocycles. The van der Waals surface area contributed by atoms with Gasteiger partial charge >= 0.3 is 6.03 Å². The number of rotatable bonds is 5. The molecule has 0 spiro atoms. The van der Waals surface area contributed by atoms with Gasteiger partial charge in [0.2, 0.25) is 0 Å². The first kappa shape index (κ1) is 15.4. The van der Waals surface area contributed by atoms with Crippen LogP contribution in [0.2, 0.25) is 0 Å². The lowest BCUT2D eigenvalue weighted by Gasteiger charge is -2.38. The average molecular weight is 335 g/mol. The van der Waals surface area contributed by atoms with Crippen molar-refractivity contribution in [3.8, 4) is 16.7 Å². The number of hydrogen-bond donors (Lipinski definition) is 1. The van der Waals surface area contributed by atoms with Gasteiger partial charge in [-0.25, -0.2) is 9.78 Å². The normalized spacial score (nSPS) is 14.1. The van der Waals surface area contributed by atoms with E-state index in [1.807, 2.05) is 5.38 Å². The molecule has 1 aliphatic heterocycles. The molecule has 1 saturated heterocycles. The molecule has 7 nitrogen and oxygen atoms in total. The molecule has 0 radical (unpaired) electrons. The first-order valence-electron chi connectivity index (χ1n) is 7.03. The summed E-state index contributed by atoms with van der Waals surface area (Å²) in [6.45, 7) is 1.07. The molecule has 2 amide bonds. The van der Waals surface area contributed by atoms with Gasteiger partial charge in [-0.1, -0.05) is 11.3 Å². The number of hydrogen-bond acceptors (Lipinski definition) is 6. The topological polar surface area (TPSA) is 72.9 Å². The third kappa shape index (κ3) is 3.65. The van der Waals surface area contributed by atoms with Crippen LogP contribution in [0, 0.1) is 0 Å². The van der Waals surface area contributed by atoms with E-state index in [0.717, 1.165) is 0 Å². The van der Waals surface area contributed by atoms with Crippen LogP contribution in [0.15, 0.2) is 29.8 Å². The van der Waals surface area contributed by atoms with Crippen LogP contribution >= 0.6 is 11.3 Å². The van der Waals surface area contributed by atoms with Crippen molar-refractivity contribution in [2.75, 3.05) is 32.6 Å². The molecule has 2 heterocycles. The van der Waals surface area contributed by atoms with E-state index in [9.17, 15) is 4.79 Å². The second-order valence-electron chi connectivity index (χ2n) is 4.97. The number of methoxy groups -OCH3 is 2. The van der Waals surface area contributed by atoms with Crippen LogP contribution in [-0.2, 0) is 0 Å². The molecule has 1 N–H and O–H groups in total. The summed E-state index contributed by atoms with van der Waals surface area (Å²) < 4.78 is 16.0. The van der Waals surface area contributed by atoms with E-state index in [2.05, 4.69) is 10.3 Å². The minimum absolute atomic E-state index is 0.00764. The van der Waals surface area contributed by atoms with Gasteiger partial charge in [0.25, 0.3) is 5.19 Å². The van der Waals surface area contributed by atoms with Crippen LogP contribution in [0.3, 0.4) is 0 Å². The maximum Gasteiger partial charge on any atom is 0.322 e. The van der Waals surface area contributed by atoms with E-state index in [4.69, 9.17) is 14.2 Å². The molecule has 0 saturated carbocycles. The number of benzene rings is 1. The summed E-state index contributed by atoms with van der Waals surface area (Å²) in [5.74, 6) is 1.24. The Bertz CT molecular complexity index is 649. The van der Waals surface area contributed by atoms with Crippen molar-refractivity contribution < 1.29 is 19.0 Å². The van der Waals surface area contributed by atoms with Crippen LogP contribution in [0.4, 0.5) is 10.5 Å². The smallest absolute Gasteiger partial charge is 0.322 e. The summed E-state index contributed by atoms with van der Waals surface area (Å²) in [6, 6.07) is 5.05. The Morgan fingerprint density at radius 1 is 1.26 bits per heavy atom. The SMILES string of the molecule is COc1cc(NC(=O)N2CC(Oc3nccs3)C2)cc(OC)c1. The summed E-state index contributed by atoms with van der Waals surface area (Å²) in [4.78, 5) is 17.9. The van der Waals surface area contributed by atoms with Gasteiger partial charge in [0.15, 0.2) is 0 Å². The largest absolute Gasteiger partial charge is 0.497 e. The molecule has 1 aromatic carbocycles. The summed E-state index contributed by atoms with van der Waals surface area (Å²) in [7, 11) is 3.13. The fraction of sp³-hybridized carbons (Fsp3) is 0.333. The monoisotopic (exact) mass is 335 g/mol. The van der Waals surface area contributed by atoms with E-state index in [1.165, 1.54) is 11.3 Å². The zero-order valence-corrected chi connectivity index (χ0v) is 13.6. The Labute approximate surface area is 137 Å². The Morgan fingerprint density at radius 2 is 1.96 bits per heavy atom. The number of urea groups is 1. The van der Waals surface area contributed by atoms with Crippen molar-refractivity contribution in [2.45, 2.75) is 6.10 Å². The lowest BCUT2D eigenvalue weighted by atomic mass is 10.2. The molecule has 1 aliphatic rings. The van der Waals surface area contributed by atoms with Crippen molar-refractivity contribution in [2.24, 2.45) is 0 Å². The summed E-state index contributed by atoms with van der Waals surface area (Å²) >= 11 is 1.44. The highest BCUT2D eigenvalue weighted by Gasteiger charge is 2.32. The summed E-state index contributed by atoms with van der Waals surface area (Å²) in [5, 5.41) is 5.32. The molecule has 0 atom stereocenters. The maximum atomic E-state index is 12.2. The highest BCUT2D eigenvalue weighted by molar-refractivity contribution is 7.11. The molecular weight excluding hydrogens is 318 g/mol. The van der Waals surface area contributed by atoms with Crippen molar-refractivity contribution in [3.05, 3.63) is 29.8 Å². The van der Waals surface area contributed by atoms with E-state index in [1.54, 1.807) is 43.5 Å². The summed E-state index contributed by atoms with van der Waals surface area (Å²) in [5.41, 5.74) is 0.621. The molecule has 2 aromatic rings. The predicted octanol–water partition coefficient (Wildman–Crippen LogP) is 2.46. The Hall–Kier alpha value is -2.48. The van der Waals surface area contributed by atoms with E-state index in [-0.39, 0.29) is 12.1 Å². The lowest BCUT2D eigenvalue weighted by Crippen LogP contribution is -2.57. The number of carbonyl (C=O) groups is 1. The quantitative estimate of drug-likeness (QED) is 0.909. The first-order valence-corrected chi connectivity index (χ1v) is 7.91. The molecule has 3 rings (SSSR count). The fourth-order valence-corrected chi connectivity index (χ4v) is 2.72. The van der Waals surface area contributed by atoms with Gasteiger partial charge in [0.1, 0.15) is 17.6 Å². The number of aromatic nitrogens is 1. The van der Waals surface area contributed by atoms with Crippen molar-refractivity contribution in [3.63, 3.8) is 0 Å². The van der Waals surface area contributed by atoms with Crippen LogP contribution in [-0.4, -0.2) is 49.3 Å². The number of thiazole rings is 1. The second kappa shape index (κ2) is 6.74. The predicted molar refractivity (Wildman–Crippen MR) is 86.7 cm³/mol. The highest BCUT2D eigenvalue weighted by Crippen LogP contribution is 2.26. The standard InChI is InChI=1S/C15H17N3O4S/c1-20-11-5-10(6-12(7-11)21-2)17-14(19)18-8-13(9-18)22-15-16-3-4-23-15/h3-7,13H,8-9H2,1-2H3,(H,17,19). The minimum atomic E-state index is -0.181. The van der Waals surface area contributed by atoms with E-state index < -0.39 is 0 Å². The zero-order valence-electron chi connectivity index (χ0n) is 12.8. The minimum Gasteiger partial charge on any atom is -0.497 e. The number of nitrogens with zero attached hydrogens (tertiary/aromatic N) is 2. The van der Waals surface area contributed by atoms with Gasteiger partial charge in [-0.15, -0.1) is 0 Å². The first-order chi connectivity index (χ1) is 11.2. The van der Waals surface area contributed by atoms with Gasteiger partial charge in [-0.05, 0) is 0 Å². The van der Waals surface area contributed by atoms with Crippen molar-refractivity contribution in [1.29, 1.82) is 0 Å². The fourth-order valence-electron chi connectivity index (χ4n) is 2.17. The van der Waals surface area contributed by atoms with Gasteiger partial charge in [-0.3, -0.25) is 0 Å². The number of ether oxygens (including phenoxy) is 3.